The summed E-state index contributed by atoms with van der Waals surface area (Å²) in [6.07, 6.45) is 3.29. The summed E-state index contributed by atoms with van der Waals surface area (Å²) in [5.74, 6) is 0.375. The summed E-state index contributed by atoms with van der Waals surface area (Å²) in [6.45, 7) is 2.04. The van der Waals surface area contributed by atoms with E-state index >= 15 is 0 Å². The summed E-state index contributed by atoms with van der Waals surface area (Å²) in [5.41, 5.74) is 5.47. The van der Waals surface area contributed by atoms with Crippen LogP contribution in [0, 0.1) is 17.0 Å². The van der Waals surface area contributed by atoms with Gasteiger partial charge in [0.25, 0.3) is 5.69 Å². The number of non-ortho nitro benzene ring substituents is 1. The van der Waals surface area contributed by atoms with Gasteiger partial charge in [0.2, 0.25) is 11.8 Å². The van der Waals surface area contributed by atoms with Crippen molar-refractivity contribution < 1.29 is 14.1 Å². The van der Waals surface area contributed by atoms with Crippen molar-refractivity contribution >= 4 is 17.3 Å². The molecule has 1 amide bonds. The van der Waals surface area contributed by atoms with Crippen molar-refractivity contribution in [3.63, 3.8) is 0 Å². The molecule has 1 heterocycles. The number of aryl methyl sites for hydroxylation is 1. The Morgan fingerprint density at radius 3 is 2.39 bits per heavy atom. The van der Waals surface area contributed by atoms with E-state index in [9.17, 15) is 14.9 Å². The highest BCUT2D eigenvalue weighted by Gasteiger charge is 2.10. The number of nitrogens with zero attached hydrogens (tertiary/aromatic N) is 2. The molecule has 4 rings (SSSR count). The van der Waals surface area contributed by atoms with E-state index in [0.717, 1.165) is 22.3 Å². The molecule has 31 heavy (non-hydrogen) atoms. The molecular weight excluding hydrogens is 394 g/mol. The minimum atomic E-state index is -0.464. The van der Waals surface area contributed by atoms with E-state index in [1.807, 2.05) is 49.4 Å². The largest absolute Gasteiger partial charge is 0.445 e. The van der Waals surface area contributed by atoms with Crippen molar-refractivity contribution in [2.75, 3.05) is 5.32 Å². The van der Waals surface area contributed by atoms with Gasteiger partial charge in [-0.1, -0.05) is 30.3 Å². The number of hydrogen-bond donors (Lipinski definition) is 1. The van der Waals surface area contributed by atoms with Crippen LogP contribution in [-0.4, -0.2) is 15.8 Å². The van der Waals surface area contributed by atoms with Crippen molar-refractivity contribution in [1.82, 2.24) is 4.98 Å². The molecule has 1 N–H and O–H groups in total. The number of oxazole rings is 1. The molecule has 0 saturated heterocycles. The van der Waals surface area contributed by atoms with Crippen LogP contribution in [0.2, 0.25) is 0 Å². The van der Waals surface area contributed by atoms with E-state index in [4.69, 9.17) is 4.42 Å². The Hall–Kier alpha value is -4.26. The van der Waals surface area contributed by atoms with Gasteiger partial charge in [0, 0.05) is 23.4 Å². The molecule has 4 aromatic rings. The summed E-state index contributed by atoms with van der Waals surface area (Å²) in [4.78, 5) is 26.8. The van der Waals surface area contributed by atoms with E-state index in [0.29, 0.717) is 17.1 Å². The molecule has 0 aliphatic carbocycles. The van der Waals surface area contributed by atoms with E-state index in [2.05, 4.69) is 10.3 Å². The van der Waals surface area contributed by atoms with Gasteiger partial charge in [-0.2, -0.15) is 0 Å². The van der Waals surface area contributed by atoms with E-state index in [1.165, 1.54) is 12.1 Å². The normalized spacial score (nSPS) is 10.6. The molecule has 3 aromatic carbocycles. The molecule has 7 nitrogen and oxygen atoms in total. The lowest BCUT2D eigenvalue weighted by Crippen LogP contribution is -2.14. The van der Waals surface area contributed by atoms with Crippen molar-refractivity contribution in [2.24, 2.45) is 0 Å². The molecule has 7 heteroatoms. The quantitative estimate of drug-likeness (QED) is 0.337. The lowest BCUT2D eigenvalue weighted by Gasteiger charge is -2.10. The molecule has 0 aliphatic rings. The number of amides is 1. The number of nitrogens with one attached hydrogen (secondary N) is 1. The van der Waals surface area contributed by atoms with Crippen molar-refractivity contribution in [3.8, 4) is 22.6 Å². The Bertz CT molecular complexity index is 1210. The first-order chi connectivity index (χ1) is 15.0. The highest BCUT2D eigenvalue weighted by Crippen LogP contribution is 2.29. The molecule has 0 unspecified atom stereocenters. The number of hydrogen-bond acceptors (Lipinski definition) is 5. The number of carbonyl (C=O) groups is 1. The van der Waals surface area contributed by atoms with Crippen LogP contribution >= 0.6 is 0 Å². The fourth-order valence-corrected chi connectivity index (χ4v) is 3.29. The second-order valence-corrected chi connectivity index (χ2v) is 7.09. The highest BCUT2D eigenvalue weighted by atomic mass is 16.6. The minimum absolute atomic E-state index is 0.00179. The smallest absolute Gasteiger partial charge is 0.269 e. The van der Waals surface area contributed by atoms with Crippen molar-refractivity contribution in [3.05, 3.63) is 100 Å². The predicted octanol–water partition coefficient (Wildman–Crippen LogP) is 5.41. The minimum Gasteiger partial charge on any atom is -0.445 e. The zero-order valence-corrected chi connectivity index (χ0v) is 16.7. The predicted molar refractivity (Wildman–Crippen MR) is 118 cm³/mol. The van der Waals surface area contributed by atoms with Gasteiger partial charge in [-0.3, -0.25) is 14.9 Å². The Morgan fingerprint density at radius 1 is 1.03 bits per heavy atom. The second-order valence-electron chi connectivity index (χ2n) is 7.09. The number of nitro benzene ring substituents is 1. The summed E-state index contributed by atoms with van der Waals surface area (Å²) < 4.78 is 5.39. The van der Waals surface area contributed by atoms with Gasteiger partial charge in [-0.25, -0.2) is 4.98 Å². The average molecular weight is 413 g/mol. The first-order valence-electron chi connectivity index (χ1n) is 9.64. The standard InChI is InChI=1S/C24H19N3O4/c1-16-2-5-19(24-25-12-13-31-24)15-22(16)18-6-8-20(9-7-18)26-23(28)14-17-3-10-21(11-4-17)27(29)30/h2-13,15H,14H2,1H3,(H,26,28). The monoisotopic (exact) mass is 413 g/mol. The van der Waals surface area contributed by atoms with E-state index in [1.54, 1.807) is 24.6 Å². The number of benzene rings is 3. The van der Waals surface area contributed by atoms with Crippen LogP contribution in [0.5, 0.6) is 0 Å². The Morgan fingerprint density at radius 2 is 1.74 bits per heavy atom. The van der Waals surface area contributed by atoms with E-state index in [-0.39, 0.29) is 18.0 Å². The zero-order valence-electron chi connectivity index (χ0n) is 16.7. The summed E-state index contributed by atoms with van der Waals surface area (Å²) in [6, 6.07) is 19.6. The molecule has 0 spiro atoms. The maximum Gasteiger partial charge on any atom is 0.269 e. The molecule has 0 saturated carbocycles. The van der Waals surface area contributed by atoms with Gasteiger partial charge >= 0.3 is 0 Å². The van der Waals surface area contributed by atoms with E-state index < -0.39 is 4.92 Å². The van der Waals surface area contributed by atoms with Gasteiger partial charge in [0.1, 0.15) is 6.26 Å². The van der Waals surface area contributed by atoms with Gasteiger partial charge in [-0.15, -0.1) is 0 Å². The van der Waals surface area contributed by atoms with Gasteiger partial charge in [0.15, 0.2) is 0 Å². The third-order valence-electron chi connectivity index (χ3n) is 4.91. The maximum atomic E-state index is 12.3. The van der Waals surface area contributed by atoms with Crippen LogP contribution in [0.25, 0.3) is 22.6 Å². The molecule has 0 aliphatic heterocycles. The number of nitro groups is 1. The zero-order chi connectivity index (χ0) is 21.8. The van der Waals surface area contributed by atoms with Gasteiger partial charge in [-0.05, 0) is 53.4 Å². The van der Waals surface area contributed by atoms with Gasteiger partial charge < -0.3 is 9.73 Å². The third kappa shape index (κ3) is 4.67. The first kappa shape index (κ1) is 20.0. The summed E-state index contributed by atoms with van der Waals surface area (Å²) >= 11 is 0. The van der Waals surface area contributed by atoms with Crippen LogP contribution in [0.4, 0.5) is 11.4 Å². The molecule has 154 valence electrons. The molecule has 0 bridgehead atoms. The Labute approximate surface area is 178 Å². The lowest BCUT2D eigenvalue weighted by molar-refractivity contribution is -0.384. The fourth-order valence-electron chi connectivity index (χ4n) is 3.29. The Kier molecular flexibility index (Phi) is 5.57. The first-order valence-corrected chi connectivity index (χ1v) is 9.64. The number of carbonyl (C=O) groups excluding carboxylic acids is 1. The van der Waals surface area contributed by atoms with Crippen molar-refractivity contribution in [1.29, 1.82) is 0 Å². The maximum absolute atomic E-state index is 12.3. The van der Waals surface area contributed by atoms with Crippen LogP contribution in [0.3, 0.4) is 0 Å². The SMILES string of the molecule is Cc1ccc(-c2ncco2)cc1-c1ccc(NC(=O)Cc2ccc([N+](=O)[O-])cc2)cc1. The Balaban J connectivity index is 1.45. The molecular formula is C24H19N3O4. The number of rotatable bonds is 6. The van der Waals surface area contributed by atoms with Crippen LogP contribution in [0.1, 0.15) is 11.1 Å². The number of aromatic nitrogens is 1. The van der Waals surface area contributed by atoms with Gasteiger partial charge in [0.05, 0.1) is 17.5 Å². The molecule has 1 aromatic heterocycles. The third-order valence-corrected chi connectivity index (χ3v) is 4.91. The van der Waals surface area contributed by atoms with Crippen LogP contribution in [-0.2, 0) is 11.2 Å². The average Bonchev–Trinajstić information content (AvgIpc) is 3.30. The second kappa shape index (κ2) is 8.62. The lowest BCUT2D eigenvalue weighted by atomic mass is 9.98. The van der Waals surface area contributed by atoms with Crippen LogP contribution < -0.4 is 5.32 Å². The summed E-state index contributed by atoms with van der Waals surface area (Å²) in [5, 5.41) is 13.6. The highest BCUT2D eigenvalue weighted by molar-refractivity contribution is 5.92. The fraction of sp³-hybridized carbons (Fsp3) is 0.0833. The number of anilines is 1. The molecule has 0 radical (unpaired) electrons. The topological polar surface area (TPSA) is 98.3 Å². The van der Waals surface area contributed by atoms with Crippen LogP contribution in [0.15, 0.2) is 83.6 Å². The molecule has 0 fully saturated rings. The molecule has 0 atom stereocenters. The van der Waals surface area contributed by atoms with Crippen molar-refractivity contribution in [2.45, 2.75) is 13.3 Å². The summed E-state index contributed by atoms with van der Waals surface area (Å²) in [7, 11) is 0.